The number of hydrogen-bond acceptors (Lipinski definition) is 2. The fourth-order valence-electron chi connectivity index (χ4n) is 9.50. The molecule has 0 radical (unpaired) electrons. The Labute approximate surface area is 202 Å². The van der Waals surface area contributed by atoms with Crippen LogP contribution in [0.15, 0.2) is 23.3 Å². The van der Waals surface area contributed by atoms with E-state index in [2.05, 4.69) is 47.6 Å². The summed E-state index contributed by atoms with van der Waals surface area (Å²) in [4.78, 5) is 11.1. The molecule has 4 rings (SSSR count). The van der Waals surface area contributed by atoms with Crippen LogP contribution in [0.1, 0.15) is 106 Å². The molecule has 0 aromatic heterocycles. The van der Waals surface area contributed by atoms with Gasteiger partial charge in [-0.1, -0.05) is 59.3 Å². The summed E-state index contributed by atoms with van der Waals surface area (Å²) in [7, 11) is 0. The molecule has 3 nitrogen and oxygen atoms in total. The van der Waals surface area contributed by atoms with Crippen LogP contribution in [0, 0.1) is 45.3 Å². The molecule has 0 bridgehead atoms. The third-order valence-corrected chi connectivity index (χ3v) is 12.0. The van der Waals surface area contributed by atoms with Crippen LogP contribution in [0.3, 0.4) is 0 Å². The van der Waals surface area contributed by atoms with Crippen molar-refractivity contribution in [2.75, 3.05) is 0 Å². The van der Waals surface area contributed by atoms with E-state index in [4.69, 9.17) is 5.11 Å². The third-order valence-electron chi connectivity index (χ3n) is 12.0. The highest BCUT2D eigenvalue weighted by Gasteiger charge is 2.65. The van der Waals surface area contributed by atoms with Gasteiger partial charge in [0.2, 0.25) is 0 Å². The van der Waals surface area contributed by atoms with Crippen molar-refractivity contribution in [3.05, 3.63) is 23.3 Å². The second kappa shape index (κ2) is 8.25. The minimum absolute atomic E-state index is 0.00892. The van der Waals surface area contributed by atoms with Gasteiger partial charge in [-0.3, -0.25) is 0 Å². The molecule has 4 aliphatic rings. The molecule has 186 valence electrons. The van der Waals surface area contributed by atoms with Crippen LogP contribution in [0.25, 0.3) is 0 Å². The topological polar surface area (TPSA) is 57.5 Å². The smallest absolute Gasteiger partial charge is 0.330 e. The maximum Gasteiger partial charge on any atom is 0.330 e. The van der Waals surface area contributed by atoms with Crippen LogP contribution in [0.2, 0.25) is 0 Å². The van der Waals surface area contributed by atoms with E-state index in [0.29, 0.717) is 40.1 Å². The number of carboxylic acids is 1. The van der Waals surface area contributed by atoms with Gasteiger partial charge >= 0.3 is 5.97 Å². The van der Waals surface area contributed by atoms with E-state index in [1.165, 1.54) is 25.7 Å². The average Bonchev–Trinajstić information content (AvgIpc) is 3.02. The summed E-state index contributed by atoms with van der Waals surface area (Å²) >= 11 is 0. The highest BCUT2D eigenvalue weighted by molar-refractivity contribution is 5.85. The lowest BCUT2D eigenvalue weighted by Crippen LogP contribution is -2.58. The van der Waals surface area contributed by atoms with Crippen LogP contribution in [-0.2, 0) is 4.79 Å². The zero-order valence-electron chi connectivity index (χ0n) is 22.2. The summed E-state index contributed by atoms with van der Waals surface area (Å²) in [5.74, 6) is 1.75. The number of rotatable bonds is 5. The standard InChI is InChI=1S/C30H48O3/c1-19(9-8-10-20(2)26(32)33)21-13-17-30(7)23-11-12-24-27(3,4)25(31)15-16-28(24,5)22(23)14-18-29(21,30)6/h10-11,19,21-22,24-25,31H,8-9,12-18H2,1-7H3,(H,32,33)/b20-10-/t19-,21-,22?,24-,25+,28+,29-,30+/m0/s1. The van der Waals surface area contributed by atoms with Crippen LogP contribution in [-0.4, -0.2) is 22.3 Å². The molecule has 1 unspecified atom stereocenters. The summed E-state index contributed by atoms with van der Waals surface area (Å²) in [6, 6.07) is 0. The molecule has 8 atom stereocenters. The Morgan fingerprint density at radius 1 is 1.12 bits per heavy atom. The van der Waals surface area contributed by atoms with E-state index in [1.807, 2.05) is 6.08 Å². The minimum Gasteiger partial charge on any atom is -0.478 e. The van der Waals surface area contributed by atoms with Crippen LogP contribution >= 0.6 is 0 Å². The molecule has 0 aromatic carbocycles. The number of hydrogen-bond donors (Lipinski definition) is 2. The highest BCUT2D eigenvalue weighted by Crippen LogP contribution is 2.73. The van der Waals surface area contributed by atoms with Crippen molar-refractivity contribution in [3.8, 4) is 0 Å². The lowest BCUT2D eigenvalue weighted by molar-refractivity contribution is -0.132. The van der Waals surface area contributed by atoms with Gasteiger partial charge < -0.3 is 10.2 Å². The monoisotopic (exact) mass is 456 g/mol. The van der Waals surface area contributed by atoms with Crippen molar-refractivity contribution in [1.82, 2.24) is 0 Å². The summed E-state index contributed by atoms with van der Waals surface area (Å²) < 4.78 is 0. The Morgan fingerprint density at radius 3 is 2.48 bits per heavy atom. The van der Waals surface area contributed by atoms with Crippen molar-refractivity contribution in [3.63, 3.8) is 0 Å². The lowest BCUT2D eigenvalue weighted by atomic mass is 9.41. The minimum atomic E-state index is -0.796. The first-order valence-electron chi connectivity index (χ1n) is 13.6. The van der Waals surface area contributed by atoms with Crippen LogP contribution in [0.4, 0.5) is 0 Å². The molecule has 0 amide bonds. The summed E-state index contributed by atoms with van der Waals surface area (Å²) in [6.07, 6.45) is 14.7. The number of fused-ring (bicyclic) bond motifs is 5. The molecule has 0 heterocycles. The van der Waals surface area contributed by atoms with Gasteiger partial charge in [-0.2, -0.15) is 0 Å². The first kappa shape index (κ1) is 25.0. The van der Waals surface area contributed by atoms with E-state index in [9.17, 15) is 9.90 Å². The number of allylic oxidation sites excluding steroid dienone is 3. The average molecular weight is 457 g/mol. The zero-order chi connectivity index (χ0) is 24.4. The van der Waals surface area contributed by atoms with Crippen molar-refractivity contribution in [1.29, 1.82) is 0 Å². The van der Waals surface area contributed by atoms with Gasteiger partial charge in [0.25, 0.3) is 0 Å². The number of aliphatic hydroxyl groups is 1. The zero-order valence-corrected chi connectivity index (χ0v) is 22.2. The molecule has 3 saturated carbocycles. The third kappa shape index (κ3) is 3.58. The van der Waals surface area contributed by atoms with Gasteiger partial charge in [0, 0.05) is 5.57 Å². The fourth-order valence-corrected chi connectivity index (χ4v) is 9.50. The first-order valence-corrected chi connectivity index (χ1v) is 13.6. The summed E-state index contributed by atoms with van der Waals surface area (Å²) in [5.41, 5.74) is 3.13. The first-order chi connectivity index (χ1) is 15.3. The molecule has 3 heteroatoms. The van der Waals surface area contributed by atoms with Crippen LogP contribution < -0.4 is 0 Å². The van der Waals surface area contributed by atoms with Gasteiger partial charge in [0.05, 0.1) is 6.10 Å². The molecule has 3 fully saturated rings. The Balaban J connectivity index is 1.58. The maximum atomic E-state index is 11.1. The molecule has 33 heavy (non-hydrogen) atoms. The Kier molecular flexibility index (Phi) is 6.25. The Morgan fingerprint density at radius 2 is 1.82 bits per heavy atom. The fraction of sp³-hybridized carbons (Fsp3) is 0.833. The quantitative estimate of drug-likeness (QED) is 0.335. The number of carboxylic acid groups (broad SMARTS) is 1. The second-order valence-electron chi connectivity index (χ2n) is 13.6. The summed E-state index contributed by atoms with van der Waals surface area (Å²) in [6.45, 7) is 16.5. The van der Waals surface area contributed by atoms with Gasteiger partial charge in [-0.15, -0.1) is 0 Å². The SMILES string of the molecule is C/C(=C/CC[C@H](C)[C@@H]1CC[C@]2(C)C3=CC[C@H]4C(C)(C)[C@H](O)CC[C@]4(C)C3CC[C@@]12C)C(=O)O. The van der Waals surface area contributed by atoms with E-state index in [0.717, 1.165) is 32.1 Å². The molecular weight excluding hydrogens is 408 g/mol. The normalized spacial score (nSPS) is 45.5. The van der Waals surface area contributed by atoms with E-state index in [1.54, 1.807) is 12.5 Å². The van der Waals surface area contributed by atoms with Gasteiger partial charge in [-0.05, 0) is 110 Å². The molecule has 0 spiro atoms. The number of aliphatic hydroxyl groups excluding tert-OH is 1. The van der Waals surface area contributed by atoms with Gasteiger partial charge in [0.1, 0.15) is 0 Å². The van der Waals surface area contributed by atoms with Crippen molar-refractivity contribution in [2.45, 2.75) is 112 Å². The van der Waals surface area contributed by atoms with Gasteiger partial charge in [-0.25, -0.2) is 4.79 Å². The number of aliphatic carboxylic acids is 1. The predicted octanol–water partition coefficient (Wildman–Crippen LogP) is 7.40. The lowest BCUT2D eigenvalue weighted by Gasteiger charge is -2.64. The van der Waals surface area contributed by atoms with Gasteiger partial charge in [0.15, 0.2) is 0 Å². The van der Waals surface area contributed by atoms with E-state index < -0.39 is 5.97 Å². The molecule has 4 aliphatic carbocycles. The van der Waals surface area contributed by atoms with Crippen molar-refractivity contribution >= 4 is 5.97 Å². The Hall–Kier alpha value is -1.09. The van der Waals surface area contributed by atoms with Crippen molar-refractivity contribution < 1.29 is 15.0 Å². The molecule has 0 saturated heterocycles. The molecule has 0 aliphatic heterocycles. The largest absolute Gasteiger partial charge is 0.478 e. The van der Waals surface area contributed by atoms with E-state index >= 15 is 0 Å². The second-order valence-corrected chi connectivity index (χ2v) is 13.6. The predicted molar refractivity (Wildman–Crippen MR) is 135 cm³/mol. The Bertz CT molecular complexity index is 853. The van der Waals surface area contributed by atoms with E-state index in [-0.39, 0.29) is 16.9 Å². The molecule has 2 N–H and O–H groups in total. The highest BCUT2D eigenvalue weighted by atomic mass is 16.4. The number of carbonyl (C=O) groups is 1. The summed E-state index contributed by atoms with van der Waals surface area (Å²) in [5, 5.41) is 20.0. The maximum absolute atomic E-state index is 11.1. The molecular formula is C30H48O3. The van der Waals surface area contributed by atoms with Crippen LogP contribution in [0.5, 0.6) is 0 Å². The van der Waals surface area contributed by atoms with Crippen molar-refractivity contribution in [2.24, 2.45) is 45.3 Å². The molecule has 0 aromatic rings.